The molecule has 2 aliphatic rings. The van der Waals surface area contributed by atoms with E-state index in [2.05, 4.69) is 34.3 Å². The molecule has 0 bridgehead atoms. The molecule has 1 unspecified atom stereocenters. The molecule has 7 nitrogen and oxygen atoms in total. The molecule has 1 atom stereocenters. The first kappa shape index (κ1) is 22.7. The van der Waals surface area contributed by atoms with Crippen LogP contribution in [-0.2, 0) is 0 Å². The fourth-order valence-electron chi connectivity index (χ4n) is 4.19. The number of hydrogen-bond donors (Lipinski definition) is 3. The third kappa shape index (κ3) is 5.68. The molecule has 1 aromatic carbocycles. The number of benzene rings is 1. The maximum atomic E-state index is 13.0. The molecule has 2 amide bonds. The molecular formula is C26H30N4O3. The Morgan fingerprint density at radius 2 is 1.91 bits per heavy atom. The second kappa shape index (κ2) is 10.4. The van der Waals surface area contributed by atoms with Crippen molar-refractivity contribution in [3.8, 4) is 0 Å². The molecule has 7 heteroatoms. The summed E-state index contributed by atoms with van der Waals surface area (Å²) in [5.74, 6) is 0.915. The predicted molar refractivity (Wildman–Crippen MR) is 127 cm³/mol. The number of carbonyl (C=O) groups is 2. The summed E-state index contributed by atoms with van der Waals surface area (Å²) < 4.78 is 5.37. The zero-order valence-electron chi connectivity index (χ0n) is 18.7. The zero-order chi connectivity index (χ0) is 23.2. The number of rotatable bonds is 9. The van der Waals surface area contributed by atoms with E-state index >= 15 is 0 Å². The number of nitrogens with one attached hydrogen (secondary N) is 3. The number of amides is 2. The maximum absolute atomic E-state index is 13.0. The summed E-state index contributed by atoms with van der Waals surface area (Å²) in [6.07, 6.45) is 8.86. The lowest BCUT2D eigenvalue weighted by Gasteiger charge is -2.31. The topological polar surface area (TPSA) is 96.3 Å². The van der Waals surface area contributed by atoms with E-state index in [1.165, 1.54) is 0 Å². The van der Waals surface area contributed by atoms with Gasteiger partial charge in [0.2, 0.25) is 0 Å². The number of nitrogens with zero attached hydrogens (tertiary/aromatic N) is 1. The van der Waals surface area contributed by atoms with E-state index in [1.54, 1.807) is 30.4 Å². The van der Waals surface area contributed by atoms with Gasteiger partial charge < -0.3 is 20.5 Å². The summed E-state index contributed by atoms with van der Waals surface area (Å²) >= 11 is 0. The van der Waals surface area contributed by atoms with Crippen LogP contribution in [0.4, 0.5) is 0 Å². The Balaban J connectivity index is 1.56. The van der Waals surface area contributed by atoms with Crippen LogP contribution in [0.2, 0.25) is 0 Å². The van der Waals surface area contributed by atoms with E-state index < -0.39 is 0 Å². The van der Waals surface area contributed by atoms with Crippen LogP contribution in [0.25, 0.3) is 0 Å². The first-order valence-corrected chi connectivity index (χ1v) is 11.4. The quantitative estimate of drug-likeness (QED) is 0.506. The smallest absolute Gasteiger partial charge is 0.273 e. The molecule has 3 N–H and O–H groups in total. The molecule has 2 aromatic rings. The Hall–Kier alpha value is -3.45. The summed E-state index contributed by atoms with van der Waals surface area (Å²) in [6.45, 7) is 9.15. The lowest BCUT2D eigenvalue weighted by molar-refractivity contribution is 0.0904. The van der Waals surface area contributed by atoms with E-state index in [-0.39, 0.29) is 23.8 Å². The number of hydrogen-bond acceptors (Lipinski definition) is 5. The number of aromatic nitrogens is 1. The summed E-state index contributed by atoms with van der Waals surface area (Å²) in [4.78, 5) is 25.8. The predicted octanol–water partition coefficient (Wildman–Crippen LogP) is 4.01. The zero-order valence-corrected chi connectivity index (χ0v) is 18.7. The van der Waals surface area contributed by atoms with Crippen LogP contribution in [-0.4, -0.2) is 30.1 Å². The minimum absolute atomic E-state index is 0.240. The van der Waals surface area contributed by atoms with Crippen LogP contribution in [0.1, 0.15) is 69.8 Å². The molecule has 0 radical (unpaired) electrons. The second-order valence-electron chi connectivity index (χ2n) is 8.57. The van der Waals surface area contributed by atoms with Crippen molar-refractivity contribution in [2.75, 3.05) is 13.1 Å². The largest absolute Gasteiger partial charge is 0.360 e. The van der Waals surface area contributed by atoms with Gasteiger partial charge in [-0.25, -0.2) is 0 Å². The lowest BCUT2D eigenvalue weighted by Crippen LogP contribution is -2.39. The van der Waals surface area contributed by atoms with E-state index in [0.717, 1.165) is 50.1 Å². The van der Waals surface area contributed by atoms with E-state index in [1.807, 2.05) is 18.2 Å². The molecule has 2 heterocycles. The molecule has 2 fully saturated rings. The number of carbonyl (C=O) groups excluding carboxylic acids is 2. The Kier molecular flexibility index (Phi) is 7.19. The minimum Gasteiger partial charge on any atom is -0.360 e. The fraction of sp³-hybridized carbons (Fsp3) is 0.346. The Morgan fingerprint density at radius 3 is 2.61 bits per heavy atom. The molecule has 1 aliphatic heterocycles. The molecule has 1 saturated carbocycles. The van der Waals surface area contributed by atoms with Crippen molar-refractivity contribution in [2.24, 2.45) is 5.92 Å². The molecule has 1 aliphatic carbocycles. The van der Waals surface area contributed by atoms with Gasteiger partial charge in [0, 0.05) is 23.2 Å². The highest BCUT2D eigenvalue weighted by atomic mass is 16.5. The standard InChI is InChI=1S/C26H30N4O3/c1-3-6-21(4-2)28-25(31)20-8-5-7-19(15-20)24(18-11-13-27-14-12-18)29-26(32)22-16-23(33-30-22)17-9-10-17/h3-8,15-18,24,27H,1-2,9-14H2,(H,28,31)(H,29,32)/b21-6+. The minimum atomic E-state index is -0.258. The SMILES string of the molecule is C=C/C=C(\C=C)NC(=O)c1cccc(C(NC(=O)c2cc(C3CC3)on2)C2CCNCC2)c1. The van der Waals surface area contributed by atoms with Gasteiger partial charge >= 0.3 is 0 Å². The molecule has 1 saturated heterocycles. The van der Waals surface area contributed by atoms with Gasteiger partial charge in [0.15, 0.2) is 5.69 Å². The Morgan fingerprint density at radius 1 is 1.12 bits per heavy atom. The molecular weight excluding hydrogens is 416 g/mol. The van der Waals surface area contributed by atoms with Crippen molar-refractivity contribution in [1.29, 1.82) is 0 Å². The van der Waals surface area contributed by atoms with Crippen LogP contribution < -0.4 is 16.0 Å². The molecule has 33 heavy (non-hydrogen) atoms. The average Bonchev–Trinajstić information content (AvgIpc) is 3.58. The van der Waals surface area contributed by atoms with Crippen molar-refractivity contribution in [3.05, 3.63) is 90.0 Å². The van der Waals surface area contributed by atoms with E-state index in [4.69, 9.17) is 4.52 Å². The lowest BCUT2D eigenvalue weighted by atomic mass is 9.85. The van der Waals surface area contributed by atoms with Crippen molar-refractivity contribution in [3.63, 3.8) is 0 Å². The maximum Gasteiger partial charge on any atom is 0.273 e. The van der Waals surface area contributed by atoms with Crippen molar-refractivity contribution >= 4 is 11.8 Å². The Bertz CT molecular complexity index is 1060. The van der Waals surface area contributed by atoms with E-state index in [9.17, 15) is 9.59 Å². The van der Waals surface area contributed by atoms with Gasteiger partial charge in [0.1, 0.15) is 5.76 Å². The number of allylic oxidation sites excluding steroid dienone is 3. The molecule has 172 valence electrons. The normalized spacial score (nSPS) is 17.8. The molecule has 4 rings (SSSR count). The van der Waals surface area contributed by atoms with Gasteiger partial charge in [-0.15, -0.1) is 0 Å². The first-order chi connectivity index (χ1) is 16.1. The monoisotopic (exact) mass is 446 g/mol. The van der Waals surface area contributed by atoms with Gasteiger partial charge in [-0.05, 0) is 74.5 Å². The van der Waals surface area contributed by atoms with Crippen LogP contribution in [0, 0.1) is 5.92 Å². The van der Waals surface area contributed by atoms with Crippen LogP contribution >= 0.6 is 0 Å². The second-order valence-corrected chi connectivity index (χ2v) is 8.57. The highest BCUT2D eigenvalue weighted by Crippen LogP contribution is 2.40. The summed E-state index contributed by atoms with van der Waals surface area (Å²) in [5.41, 5.74) is 2.27. The van der Waals surface area contributed by atoms with Crippen LogP contribution in [0.3, 0.4) is 0 Å². The van der Waals surface area contributed by atoms with Crippen molar-refractivity contribution < 1.29 is 14.1 Å². The number of piperidine rings is 1. The third-order valence-corrected chi connectivity index (χ3v) is 6.17. The highest BCUT2D eigenvalue weighted by Gasteiger charge is 2.31. The highest BCUT2D eigenvalue weighted by molar-refractivity contribution is 5.96. The Labute approximate surface area is 194 Å². The summed E-state index contributed by atoms with van der Waals surface area (Å²) in [7, 11) is 0. The van der Waals surface area contributed by atoms with Gasteiger partial charge in [-0.1, -0.05) is 36.5 Å². The fourth-order valence-corrected chi connectivity index (χ4v) is 4.19. The van der Waals surface area contributed by atoms with Crippen molar-refractivity contribution in [2.45, 2.75) is 37.6 Å². The van der Waals surface area contributed by atoms with Crippen molar-refractivity contribution in [1.82, 2.24) is 21.1 Å². The molecule has 0 spiro atoms. The van der Waals surface area contributed by atoms with Gasteiger partial charge in [0.25, 0.3) is 11.8 Å². The summed E-state index contributed by atoms with van der Waals surface area (Å²) in [6, 6.07) is 8.91. The first-order valence-electron chi connectivity index (χ1n) is 11.4. The average molecular weight is 447 g/mol. The van der Waals surface area contributed by atoms with Gasteiger partial charge in [-0.3, -0.25) is 9.59 Å². The van der Waals surface area contributed by atoms with E-state index in [0.29, 0.717) is 22.9 Å². The van der Waals surface area contributed by atoms with Gasteiger partial charge in [0.05, 0.1) is 6.04 Å². The van der Waals surface area contributed by atoms with Crippen LogP contribution in [0.5, 0.6) is 0 Å². The van der Waals surface area contributed by atoms with Gasteiger partial charge in [-0.2, -0.15) is 0 Å². The summed E-state index contributed by atoms with van der Waals surface area (Å²) in [5, 5.41) is 13.4. The van der Waals surface area contributed by atoms with Crippen LogP contribution in [0.15, 0.2) is 71.9 Å². The third-order valence-electron chi connectivity index (χ3n) is 6.17. The molecule has 1 aromatic heterocycles.